The van der Waals surface area contributed by atoms with Crippen molar-refractivity contribution in [2.75, 3.05) is 26.4 Å². The highest BCUT2D eigenvalue weighted by atomic mass is 31.2. The Morgan fingerprint density at radius 3 is 1.40 bits per heavy atom. The van der Waals surface area contributed by atoms with Crippen LogP contribution in [0, 0.1) is 0 Å². The predicted molar refractivity (Wildman–Crippen MR) is 237 cm³/mol. The van der Waals surface area contributed by atoms with E-state index in [9.17, 15) is 19.0 Å². The Morgan fingerprint density at radius 1 is 0.526 bits per heavy atom. The number of unbranched alkanes of at least 4 members (excludes halogenated alkanes) is 4. The summed E-state index contributed by atoms with van der Waals surface area (Å²) in [6, 6.07) is 0. The molecular weight excluding hydrogens is 737 g/mol. The van der Waals surface area contributed by atoms with Gasteiger partial charge in [-0.25, -0.2) is 4.57 Å². The summed E-state index contributed by atoms with van der Waals surface area (Å²) in [6.45, 7) is 3.35. The van der Waals surface area contributed by atoms with Gasteiger partial charge in [-0.3, -0.25) is 18.6 Å². The summed E-state index contributed by atoms with van der Waals surface area (Å²) in [7, 11) is -4.41. The van der Waals surface area contributed by atoms with Gasteiger partial charge in [-0.2, -0.15) is 0 Å². The van der Waals surface area contributed by atoms with Gasteiger partial charge in [0.1, 0.15) is 6.61 Å². The molecule has 0 aliphatic carbocycles. The van der Waals surface area contributed by atoms with Crippen LogP contribution in [-0.2, 0) is 32.7 Å². The van der Waals surface area contributed by atoms with Crippen LogP contribution >= 0.6 is 7.82 Å². The van der Waals surface area contributed by atoms with Crippen molar-refractivity contribution in [1.29, 1.82) is 0 Å². The van der Waals surface area contributed by atoms with Crippen LogP contribution < -0.4 is 5.73 Å². The van der Waals surface area contributed by atoms with Gasteiger partial charge >= 0.3 is 19.8 Å². The third kappa shape index (κ3) is 41.9. The molecule has 0 amide bonds. The molecule has 2 unspecified atom stereocenters. The number of phosphoric acid groups is 1. The fraction of sp³-hybridized carbons (Fsp3) is 0.532. The molecule has 0 aromatic heterocycles. The molecule has 0 saturated carbocycles. The van der Waals surface area contributed by atoms with E-state index in [1.807, 2.05) is 12.2 Å². The molecule has 10 heteroatoms. The van der Waals surface area contributed by atoms with E-state index < -0.39 is 32.5 Å². The zero-order chi connectivity index (χ0) is 41.8. The molecule has 0 aromatic rings. The minimum Gasteiger partial charge on any atom is -0.462 e. The Kier molecular flexibility index (Phi) is 39.4. The molecule has 0 heterocycles. The highest BCUT2D eigenvalue weighted by Gasteiger charge is 2.25. The summed E-state index contributed by atoms with van der Waals surface area (Å²) in [6.07, 6.45) is 56.7. The fourth-order valence-electron chi connectivity index (χ4n) is 4.83. The summed E-state index contributed by atoms with van der Waals surface area (Å²) in [5.74, 6) is -0.970. The first-order chi connectivity index (χ1) is 27.8. The second-order valence-electron chi connectivity index (χ2n) is 13.1. The summed E-state index contributed by atoms with van der Waals surface area (Å²) in [5.41, 5.74) is 5.34. The molecule has 0 saturated heterocycles. The third-order valence-electron chi connectivity index (χ3n) is 7.86. The molecule has 0 rings (SSSR count). The van der Waals surface area contributed by atoms with Crippen LogP contribution in [0.1, 0.15) is 129 Å². The average Bonchev–Trinajstić information content (AvgIpc) is 3.20. The van der Waals surface area contributed by atoms with Crippen LogP contribution in [0.5, 0.6) is 0 Å². The largest absolute Gasteiger partial charge is 0.472 e. The molecule has 0 bridgehead atoms. The van der Waals surface area contributed by atoms with Crippen molar-refractivity contribution in [3.8, 4) is 0 Å². The van der Waals surface area contributed by atoms with E-state index in [4.69, 9.17) is 24.3 Å². The lowest BCUT2D eigenvalue weighted by molar-refractivity contribution is -0.161. The van der Waals surface area contributed by atoms with Crippen LogP contribution in [0.2, 0.25) is 0 Å². The number of carbonyl (C=O) groups excluding carboxylic acids is 2. The second-order valence-corrected chi connectivity index (χ2v) is 14.5. The Bertz CT molecular complexity index is 1340. The fourth-order valence-corrected chi connectivity index (χ4v) is 5.59. The number of hydrogen-bond donors (Lipinski definition) is 2. The average molecular weight is 812 g/mol. The van der Waals surface area contributed by atoms with Crippen LogP contribution in [-0.4, -0.2) is 49.3 Å². The van der Waals surface area contributed by atoms with Crippen molar-refractivity contribution >= 4 is 19.8 Å². The van der Waals surface area contributed by atoms with Gasteiger partial charge in [0.2, 0.25) is 0 Å². The molecule has 57 heavy (non-hydrogen) atoms. The number of hydrogen-bond acceptors (Lipinski definition) is 8. The number of phosphoric ester groups is 1. The molecule has 0 fully saturated rings. The minimum atomic E-state index is -4.41. The van der Waals surface area contributed by atoms with Gasteiger partial charge in [-0.1, -0.05) is 148 Å². The molecule has 0 aliphatic rings. The van der Waals surface area contributed by atoms with E-state index in [2.05, 4.69) is 123 Å². The molecule has 0 aliphatic heterocycles. The number of esters is 2. The van der Waals surface area contributed by atoms with Crippen LogP contribution in [0.15, 0.2) is 122 Å². The molecule has 0 spiro atoms. The maximum Gasteiger partial charge on any atom is 0.472 e. The Balaban J connectivity index is 4.37. The molecule has 0 radical (unpaired) electrons. The quantitative estimate of drug-likeness (QED) is 0.0272. The lowest BCUT2D eigenvalue weighted by Crippen LogP contribution is -2.29. The number of allylic oxidation sites excluding steroid dienone is 20. The van der Waals surface area contributed by atoms with E-state index in [0.717, 1.165) is 89.9 Å². The SMILES string of the molecule is CCC=CCC=CCC=CCC=CCC=CCC=CCCC(=O)OCC(COP(=O)(O)OCCN)OC(=O)CCCCCCC=CCC=CCC=CCC=CCC. The smallest absolute Gasteiger partial charge is 0.462 e. The molecular formula is C47H74NO8P. The van der Waals surface area contributed by atoms with E-state index in [1.54, 1.807) is 0 Å². The highest BCUT2D eigenvalue weighted by molar-refractivity contribution is 7.47. The Morgan fingerprint density at radius 2 is 0.947 bits per heavy atom. The van der Waals surface area contributed by atoms with Crippen LogP contribution in [0.3, 0.4) is 0 Å². The lowest BCUT2D eigenvalue weighted by Gasteiger charge is -2.19. The first-order valence-corrected chi connectivity index (χ1v) is 22.5. The van der Waals surface area contributed by atoms with Gasteiger partial charge in [-0.15, -0.1) is 0 Å². The van der Waals surface area contributed by atoms with Crippen molar-refractivity contribution < 1.29 is 37.6 Å². The predicted octanol–water partition coefficient (Wildman–Crippen LogP) is 12.2. The molecule has 0 aromatic carbocycles. The van der Waals surface area contributed by atoms with E-state index >= 15 is 0 Å². The molecule has 3 N–H and O–H groups in total. The zero-order valence-electron chi connectivity index (χ0n) is 35.0. The molecule has 9 nitrogen and oxygen atoms in total. The van der Waals surface area contributed by atoms with Crippen molar-refractivity contribution in [1.82, 2.24) is 0 Å². The van der Waals surface area contributed by atoms with Gasteiger partial charge in [0.15, 0.2) is 6.10 Å². The lowest BCUT2D eigenvalue weighted by atomic mass is 10.1. The highest BCUT2D eigenvalue weighted by Crippen LogP contribution is 2.43. The maximum atomic E-state index is 12.6. The van der Waals surface area contributed by atoms with Gasteiger partial charge in [0, 0.05) is 19.4 Å². The molecule has 2 atom stereocenters. The van der Waals surface area contributed by atoms with E-state index in [1.165, 1.54) is 0 Å². The number of carbonyl (C=O) groups is 2. The first kappa shape index (κ1) is 53.4. The normalized spacial score (nSPS) is 14.5. The van der Waals surface area contributed by atoms with Crippen molar-refractivity contribution in [3.63, 3.8) is 0 Å². The van der Waals surface area contributed by atoms with Crippen LogP contribution in [0.25, 0.3) is 0 Å². The zero-order valence-corrected chi connectivity index (χ0v) is 35.9. The van der Waals surface area contributed by atoms with Gasteiger partial charge in [-0.05, 0) is 89.9 Å². The van der Waals surface area contributed by atoms with Crippen LogP contribution in [0.4, 0.5) is 0 Å². The van der Waals surface area contributed by atoms with E-state index in [0.29, 0.717) is 12.8 Å². The van der Waals surface area contributed by atoms with Gasteiger partial charge in [0.25, 0.3) is 0 Å². The van der Waals surface area contributed by atoms with Gasteiger partial charge in [0.05, 0.1) is 13.2 Å². The Labute approximate surface area is 345 Å². The number of ether oxygens (including phenoxy) is 2. The summed E-state index contributed by atoms with van der Waals surface area (Å²) in [5, 5.41) is 0. The van der Waals surface area contributed by atoms with Crippen molar-refractivity contribution in [2.45, 2.75) is 136 Å². The minimum absolute atomic E-state index is 0.0319. The number of nitrogens with two attached hydrogens (primary N) is 1. The van der Waals surface area contributed by atoms with Crippen molar-refractivity contribution in [2.24, 2.45) is 5.73 Å². The summed E-state index contributed by atoms with van der Waals surface area (Å²) in [4.78, 5) is 34.8. The maximum absolute atomic E-state index is 12.6. The second kappa shape index (κ2) is 42.0. The third-order valence-corrected chi connectivity index (χ3v) is 8.84. The number of rotatable bonds is 37. The first-order valence-electron chi connectivity index (χ1n) is 21.0. The molecule has 320 valence electrons. The van der Waals surface area contributed by atoms with E-state index in [-0.39, 0.29) is 32.6 Å². The monoisotopic (exact) mass is 812 g/mol. The standard InChI is InChI=1S/C47H74NO8P/c1-3-5-7-9-11-13-15-17-19-21-22-24-25-27-29-31-33-35-37-39-46(49)53-43-45(44-55-57(51,52)54-42-41-48)56-47(50)40-38-36-34-32-30-28-26-23-20-18-16-14-12-10-8-6-4-2/h5-8,11-14,17-20,22,24,26-29,33,35,45H,3-4,9-10,15-16,21,23,25,30-32,34,36-44,48H2,1-2H3,(H,51,52). The summed E-state index contributed by atoms with van der Waals surface area (Å²) < 4.78 is 32.6. The van der Waals surface area contributed by atoms with Crippen molar-refractivity contribution in [3.05, 3.63) is 122 Å². The van der Waals surface area contributed by atoms with Gasteiger partial charge < -0.3 is 20.1 Å². The Hall–Kier alpha value is -3.59. The summed E-state index contributed by atoms with van der Waals surface area (Å²) >= 11 is 0. The topological polar surface area (TPSA) is 134 Å².